The zero-order chi connectivity index (χ0) is 25.3. The summed E-state index contributed by atoms with van der Waals surface area (Å²) in [6.07, 6.45) is 1.90. The van der Waals surface area contributed by atoms with E-state index < -0.39 is 22.0 Å². The molecular formula is C25H34ClN3O4S. The number of benzene rings is 2. The van der Waals surface area contributed by atoms with Crippen molar-refractivity contribution in [3.63, 3.8) is 0 Å². The third-order valence-corrected chi connectivity index (χ3v) is 6.88. The van der Waals surface area contributed by atoms with Crippen molar-refractivity contribution < 1.29 is 18.0 Å². The molecule has 0 spiro atoms. The molecule has 0 aliphatic rings. The highest BCUT2D eigenvalue weighted by atomic mass is 35.5. The van der Waals surface area contributed by atoms with Crippen LogP contribution in [0.3, 0.4) is 0 Å². The van der Waals surface area contributed by atoms with Crippen LogP contribution in [0.15, 0.2) is 54.6 Å². The van der Waals surface area contributed by atoms with E-state index in [1.54, 1.807) is 43.3 Å². The summed E-state index contributed by atoms with van der Waals surface area (Å²) < 4.78 is 26.0. The predicted octanol–water partition coefficient (Wildman–Crippen LogP) is 3.68. The predicted molar refractivity (Wildman–Crippen MR) is 136 cm³/mol. The fourth-order valence-electron chi connectivity index (χ4n) is 3.32. The lowest BCUT2D eigenvalue weighted by Gasteiger charge is -2.31. The molecule has 34 heavy (non-hydrogen) atoms. The normalized spacial score (nSPS) is 12.6. The van der Waals surface area contributed by atoms with Crippen LogP contribution in [0.25, 0.3) is 0 Å². The van der Waals surface area contributed by atoms with Gasteiger partial charge in [0.1, 0.15) is 6.04 Å². The van der Waals surface area contributed by atoms with Crippen LogP contribution in [0, 0.1) is 5.92 Å². The van der Waals surface area contributed by atoms with Crippen molar-refractivity contribution in [3.8, 4) is 0 Å². The Morgan fingerprint density at radius 2 is 1.53 bits per heavy atom. The van der Waals surface area contributed by atoms with E-state index in [0.29, 0.717) is 17.5 Å². The molecule has 186 valence electrons. The molecule has 0 aliphatic heterocycles. The van der Waals surface area contributed by atoms with Gasteiger partial charge in [0.2, 0.25) is 21.8 Å². The first-order valence-corrected chi connectivity index (χ1v) is 13.5. The molecule has 0 heterocycles. The Labute approximate surface area is 208 Å². The molecule has 0 aliphatic carbocycles. The lowest BCUT2D eigenvalue weighted by atomic mass is 10.1. The van der Waals surface area contributed by atoms with Crippen LogP contribution in [0.2, 0.25) is 5.02 Å². The number of hydrogen-bond acceptors (Lipinski definition) is 4. The molecule has 9 heteroatoms. The fourth-order valence-corrected chi connectivity index (χ4v) is 4.17. The smallest absolute Gasteiger partial charge is 0.242 e. The third-order valence-electron chi connectivity index (χ3n) is 5.44. The Morgan fingerprint density at radius 1 is 0.941 bits per heavy atom. The van der Waals surface area contributed by atoms with Gasteiger partial charge in [-0.15, -0.1) is 0 Å². The van der Waals surface area contributed by atoms with Crippen LogP contribution >= 0.6 is 11.6 Å². The molecule has 2 rings (SSSR count). The van der Waals surface area contributed by atoms with Gasteiger partial charge in [-0.2, -0.15) is 4.31 Å². The maximum absolute atomic E-state index is 13.4. The molecule has 0 saturated carbocycles. The van der Waals surface area contributed by atoms with E-state index in [2.05, 4.69) is 19.2 Å². The lowest BCUT2D eigenvalue weighted by molar-refractivity contribution is -0.140. The molecule has 2 amide bonds. The standard InChI is InChI=1S/C25H34ClN3O4S/c1-19(2)14-15-27-25(31)20(3)29(17-22-10-12-23(26)13-11-22)24(30)18-28(34(4,32)33)16-21-8-6-5-7-9-21/h5-13,19-20H,14-18H2,1-4H3,(H,27,31)/t20-/m0/s1. The number of amides is 2. The van der Waals surface area contributed by atoms with Crippen molar-refractivity contribution in [1.29, 1.82) is 0 Å². The summed E-state index contributed by atoms with van der Waals surface area (Å²) in [7, 11) is -3.67. The number of carbonyl (C=O) groups excluding carboxylic acids is 2. The van der Waals surface area contributed by atoms with Gasteiger partial charge in [0.25, 0.3) is 0 Å². The van der Waals surface area contributed by atoms with Gasteiger partial charge in [0.15, 0.2) is 0 Å². The summed E-state index contributed by atoms with van der Waals surface area (Å²) in [5, 5.41) is 3.44. The Bertz CT molecular complexity index is 1040. The molecule has 0 unspecified atom stereocenters. The van der Waals surface area contributed by atoms with Crippen LogP contribution in [0.1, 0.15) is 38.3 Å². The number of nitrogens with zero attached hydrogens (tertiary/aromatic N) is 2. The van der Waals surface area contributed by atoms with Crippen LogP contribution in [0.4, 0.5) is 0 Å². The van der Waals surface area contributed by atoms with E-state index in [0.717, 1.165) is 28.1 Å². The first-order chi connectivity index (χ1) is 16.0. The van der Waals surface area contributed by atoms with Gasteiger partial charge >= 0.3 is 0 Å². The fraction of sp³-hybridized carbons (Fsp3) is 0.440. The minimum atomic E-state index is -3.67. The molecule has 2 aromatic carbocycles. The summed E-state index contributed by atoms with van der Waals surface area (Å²) in [6, 6.07) is 15.3. The largest absolute Gasteiger partial charge is 0.354 e. The van der Waals surface area contributed by atoms with E-state index in [1.165, 1.54) is 4.90 Å². The number of nitrogens with one attached hydrogen (secondary N) is 1. The molecule has 1 N–H and O–H groups in total. The van der Waals surface area contributed by atoms with Gasteiger partial charge < -0.3 is 10.2 Å². The van der Waals surface area contributed by atoms with Gasteiger partial charge in [0, 0.05) is 24.7 Å². The summed E-state index contributed by atoms with van der Waals surface area (Å²) >= 11 is 5.98. The van der Waals surface area contributed by atoms with Crippen molar-refractivity contribution in [1.82, 2.24) is 14.5 Å². The van der Waals surface area contributed by atoms with Crippen molar-refractivity contribution in [2.24, 2.45) is 5.92 Å². The van der Waals surface area contributed by atoms with E-state index in [9.17, 15) is 18.0 Å². The molecule has 1 atom stereocenters. The summed E-state index contributed by atoms with van der Waals surface area (Å²) in [4.78, 5) is 27.6. The molecule has 7 nitrogen and oxygen atoms in total. The van der Waals surface area contributed by atoms with Gasteiger partial charge in [-0.1, -0.05) is 67.9 Å². The molecule has 0 saturated heterocycles. The van der Waals surface area contributed by atoms with Gasteiger partial charge in [-0.25, -0.2) is 8.42 Å². The maximum Gasteiger partial charge on any atom is 0.242 e. The Morgan fingerprint density at radius 3 is 2.09 bits per heavy atom. The highest BCUT2D eigenvalue weighted by Crippen LogP contribution is 2.16. The number of rotatable bonds is 12. The number of hydrogen-bond donors (Lipinski definition) is 1. The third kappa shape index (κ3) is 9.08. The van der Waals surface area contributed by atoms with Crippen molar-refractivity contribution in [2.45, 2.75) is 46.3 Å². The molecular weight excluding hydrogens is 474 g/mol. The van der Waals surface area contributed by atoms with E-state index in [4.69, 9.17) is 11.6 Å². The van der Waals surface area contributed by atoms with Crippen molar-refractivity contribution in [2.75, 3.05) is 19.3 Å². The summed E-state index contributed by atoms with van der Waals surface area (Å²) in [6.45, 7) is 6.14. The Hall–Kier alpha value is -2.42. The Kier molecular flexibility index (Phi) is 10.5. The Balaban J connectivity index is 2.24. The topological polar surface area (TPSA) is 86.8 Å². The average Bonchev–Trinajstić information content (AvgIpc) is 2.77. The minimum Gasteiger partial charge on any atom is -0.354 e. The molecule has 2 aromatic rings. The second-order valence-corrected chi connectivity index (χ2v) is 11.2. The van der Waals surface area contributed by atoms with Gasteiger partial charge in [-0.05, 0) is 42.5 Å². The summed E-state index contributed by atoms with van der Waals surface area (Å²) in [5.41, 5.74) is 1.55. The second-order valence-electron chi connectivity index (χ2n) is 8.81. The minimum absolute atomic E-state index is 0.0646. The number of sulfonamides is 1. The average molecular weight is 508 g/mol. The highest BCUT2D eigenvalue weighted by Gasteiger charge is 2.29. The molecule has 0 aromatic heterocycles. The van der Waals surface area contributed by atoms with E-state index in [1.807, 2.05) is 18.2 Å². The number of halogens is 1. The lowest BCUT2D eigenvalue weighted by Crippen LogP contribution is -2.51. The van der Waals surface area contributed by atoms with Crippen molar-refractivity contribution >= 4 is 33.4 Å². The monoisotopic (exact) mass is 507 g/mol. The quantitative estimate of drug-likeness (QED) is 0.474. The van der Waals surface area contributed by atoms with Crippen LogP contribution in [0.5, 0.6) is 0 Å². The first kappa shape index (κ1) is 27.8. The number of carbonyl (C=O) groups is 2. The van der Waals surface area contributed by atoms with Crippen LogP contribution in [-0.2, 0) is 32.7 Å². The van der Waals surface area contributed by atoms with Crippen LogP contribution < -0.4 is 5.32 Å². The second kappa shape index (κ2) is 12.9. The van der Waals surface area contributed by atoms with E-state index >= 15 is 0 Å². The molecule has 0 fully saturated rings. The van der Waals surface area contributed by atoms with Crippen molar-refractivity contribution in [3.05, 3.63) is 70.7 Å². The highest BCUT2D eigenvalue weighted by molar-refractivity contribution is 7.88. The maximum atomic E-state index is 13.4. The van der Waals surface area contributed by atoms with Gasteiger partial charge in [-0.3, -0.25) is 9.59 Å². The SMILES string of the molecule is CC(C)CCNC(=O)[C@H](C)N(Cc1ccc(Cl)cc1)C(=O)CN(Cc1ccccc1)S(C)(=O)=O. The van der Waals surface area contributed by atoms with E-state index in [-0.39, 0.29) is 25.5 Å². The van der Waals surface area contributed by atoms with Crippen LogP contribution in [-0.4, -0.2) is 54.8 Å². The molecule has 0 bridgehead atoms. The zero-order valence-corrected chi connectivity index (χ0v) is 21.8. The molecule has 0 radical (unpaired) electrons. The zero-order valence-electron chi connectivity index (χ0n) is 20.2. The first-order valence-electron chi connectivity index (χ1n) is 11.3. The summed E-state index contributed by atoms with van der Waals surface area (Å²) in [5.74, 6) is -0.302. The van der Waals surface area contributed by atoms with Gasteiger partial charge in [0.05, 0.1) is 12.8 Å².